The third-order valence-electron chi connectivity index (χ3n) is 4.75. The van der Waals surface area contributed by atoms with E-state index in [1.165, 1.54) is 0 Å². The Hall–Kier alpha value is -3.00. The third kappa shape index (κ3) is 3.48. The second kappa shape index (κ2) is 7.32. The number of fused-ring (bicyclic) bond motifs is 1. The van der Waals surface area contributed by atoms with Gasteiger partial charge in [0.15, 0.2) is 0 Å². The van der Waals surface area contributed by atoms with E-state index in [0.29, 0.717) is 36.5 Å². The minimum Gasteiger partial charge on any atom is -0.363 e. The molecule has 0 radical (unpaired) electrons. The molecule has 0 spiro atoms. The van der Waals surface area contributed by atoms with Crippen molar-refractivity contribution in [3.05, 3.63) is 48.3 Å². The van der Waals surface area contributed by atoms with E-state index in [2.05, 4.69) is 25.9 Å². The fraction of sp³-hybridized carbons (Fsp3) is 0.316. The lowest BCUT2D eigenvalue weighted by atomic mass is 10.1. The Kier molecular flexibility index (Phi) is 4.72. The Balaban J connectivity index is 1.62. The quantitative estimate of drug-likeness (QED) is 0.655. The molecule has 27 heavy (non-hydrogen) atoms. The first-order valence-corrected chi connectivity index (χ1v) is 8.93. The zero-order valence-corrected chi connectivity index (χ0v) is 14.9. The number of imidazole rings is 1. The van der Waals surface area contributed by atoms with Gasteiger partial charge >= 0.3 is 0 Å². The molecule has 2 atom stereocenters. The summed E-state index contributed by atoms with van der Waals surface area (Å²) in [5.74, 6) is 0.467. The fourth-order valence-corrected chi connectivity index (χ4v) is 3.27. The molecule has 7 nitrogen and oxygen atoms in total. The van der Waals surface area contributed by atoms with Crippen LogP contribution < -0.4 is 16.0 Å². The van der Waals surface area contributed by atoms with Gasteiger partial charge in [0, 0.05) is 25.4 Å². The summed E-state index contributed by atoms with van der Waals surface area (Å²) in [7, 11) is 1.59. The highest BCUT2D eigenvalue weighted by atomic mass is 19.1. The van der Waals surface area contributed by atoms with Gasteiger partial charge in [-0.15, -0.1) is 0 Å². The van der Waals surface area contributed by atoms with Crippen molar-refractivity contribution >= 4 is 17.4 Å². The van der Waals surface area contributed by atoms with Crippen LogP contribution in [0.25, 0.3) is 17.0 Å². The van der Waals surface area contributed by atoms with Gasteiger partial charge in [-0.25, -0.2) is 14.4 Å². The predicted octanol–water partition coefficient (Wildman–Crippen LogP) is 1.87. The lowest BCUT2D eigenvalue weighted by Crippen LogP contribution is -2.46. The average Bonchev–Trinajstić information content (AvgIpc) is 3.12. The van der Waals surface area contributed by atoms with Gasteiger partial charge in [0.1, 0.15) is 17.6 Å². The Morgan fingerprint density at radius 3 is 3.07 bits per heavy atom. The largest absolute Gasteiger partial charge is 0.363 e. The van der Waals surface area contributed by atoms with E-state index in [1.54, 1.807) is 31.6 Å². The molecule has 8 heteroatoms. The highest BCUT2D eigenvalue weighted by Crippen LogP contribution is 2.22. The molecular weight excluding hydrogens is 347 g/mol. The third-order valence-corrected chi connectivity index (χ3v) is 4.75. The van der Waals surface area contributed by atoms with Crippen molar-refractivity contribution in [1.29, 1.82) is 0 Å². The second-order valence-electron chi connectivity index (χ2n) is 6.53. The summed E-state index contributed by atoms with van der Waals surface area (Å²) in [5.41, 5.74) is 2.73. The Morgan fingerprint density at radius 1 is 1.37 bits per heavy atom. The summed E-state index contributed by atoms with van der Waals surface area (Å²) < 4.78 is 15.9. The number of nitrogens with one attached hydrogen (secondary N) is 3. The van der Waals surface area contributed by atoms with E-state index in [0.717, 1.165) is 11.4 Å². The molecule has 1 amide bonds. The molecule has 3 aromatic rings. The van der Waals surface area contributed by atoms with E-state index in [4.69, 9.17) is 0 Å². The highest BCUT2D eigenvalue weighted by molar-refractivity contribution is 5.94. The first-order chi connectivity index (χ1) is 13.2. The molecule has 4 rings (SSSR count). The van der Waals surface area contributed by atoms with Crippen molar-refractivity contribution in [2.45, 2.75) is 18.6 Å². The number of amides is 1. The van der Waals surface area contributed by atoms with E-state index in [-0.39, 0.29) is 11.9 Å². The number of carbonyl (C=O) groups excluding carboxylic acids is 1. The average molecular weight is 368 g/mol. The Bertz CT molecular complexity index is 972. The summed E-state index contributed by atoms with van der Waals surface area (Å²) >= 11 is 0. The number of hydrogen-bond acceptors (Lipinski definition) is 5. The van der Waals surface area contributed by atoms with Gasteiger partial charge in [-0.1, -0.05) is 6.07 Å². The molecule has 3 aromatic heterocycles. The normalized spacial score (nSPS) is 19.8. The van der Waals surface area contributed by atoms with Crippen LogP contribution >= 0.6 is 0 Å². The summed E-state index contributed by atoms with van der Waals surface area (Å²) in [6.07, 6.45) is 3.12. The minimum absolute atomic E-state index is 0.159. The predicted molar refractivity (Wildman–Crippen MR) is 102 cm³/mol. The van der Waals surface area contributed by atoms with Gasteiger partial charge in [-0.3, -0.25) is 9.20 Å². The fourth-order valence-electron chi connectivity index (χ4n) is 3.27. The van der Waals surface area contributed by atoms with Crippen molar-refractivity contribution < 1.29 is 9.18 Å². The summed E-state index contributed by atoms with van der Waals surface area (Å²) in [6, 6.07) is 8.77. The number of aromatic nitrogens is 3. The van der Waals surface area contributed by atoms with Crippen LogP contribution in [0.3, 0.4) is 0 Å². The van der Waals surface area contributed by atoms with Gasteiger partial charge in [0.25, 0.3) is 5.91 Å². The minimum atomic E-state index is -0.893. The van der Waals surface area contributed by atoms with E-state index >= 15 is 0 Å². The van der Waals surface area contributed by atoms with Crippen LogP contribution in [0.15, 0.2) is 42.7 Å². The maximum atomic E-state index is 14.1. The Labute approximate surface area is 156 Å². The first-order valence-electron chi connectivity index (χ1n) is 8.93. The monoisotopic (exact) mass is 368 g/mol. The molecule has 1 aliphatic rings. The molecule has 0 unspecified atom stereocenters. The number of alkyl halides is 1. The molecule has 1 saturated heterocycles. The van der Waals surface area contributed by atoms with Crippen LogP contribution in [-0.4, -0.2) is 52.6 Å². The number of pyridine rings is 2. The number of hydrogen-bond donors (Lipinski definition) is 3. The summed E-state index contributed by atoms with van der Waals surface area (Å²) in [5, 5.41) is 8.98. The molecule has 0 bridgehead atoms. The zero-order valence-electron chi connectivity index (χ0n) is 14.9. The molecule has 4 heterocycles. The smallest absolute Gasteiger partial charge is 0.251 e. The lowest BCUT2D eigenvalue weighted by molar-refractivity contribution is 0.0963. The van der Waals surface area contributed by atoms with Crippen molar-refractivity contribution in [3.63, 3.8) is 0 Å². The van der Waals surface area contributed by atoms with Crippen molar-refractivity contribution in [2.75, 3.05) is 25.5 Å². The van der Waals surface area contributed by atoms with Gasteiger partial charge in [-0.05, 0) is 37.2 Å². The molecule has 0 aromatic carbocycles. The first kappa shape index (κ1) is 17.4. The number of piperidine rings is 1. The van der Waals surface area contributed by atoms with Gasteiger partial charge in [0.2, 0.25) is 0 Å². The van der Waals surface area contributed by atoms with Crippen molar-refractivity contribution in [3.8, 4) is 11.4 Å². The van der Waals surface area contributed by atoms with Crippen molar-refractivity contribution in [1.82, 2.24) is 25.0 Å². The lowest BCUT2D eigenvalue weighted by Gasteiger charge is -2.28. The number of carbonyl (C=O) groups is 1. The van der Waals surface area contributed by atoms with E-state index in [9.17, 15) is 9.18 Å². The number of halogens is 1. The molecule has 3 N–H and O–H groups in total. The molecular formula is C19H21FN6O. The Morgan fingerprint density at radius 2 is 2.26 bits per heavy atom. The van der Waals surface area contributed by atoms with Crippen molar-refractivity contribution in [2.24, 2.45) is 0 Å². The maximum absolute atomic E-state index is 14.1. The molecule has 1 aliphatic heterocycles. The van der Waals surface area contributed by atoms with Gasteiger partial charge < -0.3 is 16.0 Å². The molecule has 0 aliphatic carbocycles. The SMILES string of the molecule is CNC(=O)c1ccn2c(-c3cccc(N[C@H]4CNCC[C@@H]4F)n3)cnc2c1. The maximum Gasteiger partial charge on any atom is 0.251 e. The summed E-state index contributed by atoms with van der Waals surface area (Å²) in [4.78, 5) is 20.8. The molecule has 0 saturated carbocycles. The highest BCUT2D eigenvalue weighted by Gasteiger charge is 2.24. The molecule has 1 fully saturated rings. The number of anilines is 1. The van der Waals surface area contributed by atoms with E-state index < -0.39 is 6.17 Å². The van der Waals surface area contributed by atoms with Crippen LogP contribution in [-0.2, 0) is 0 Å². The molecule has 140 valence electrons. The van der Waals surface area contributed by atoms with Crippen LogP contribution in [0, 0.1) is 0 Å². The number of rotatable bonds is 4. The summed E-state index contributed by atoms with van der Waals surface area (Å²) in [6.45, 7) is 1.28. The van der Waals surface area contributed by atoms with E-state index in [1.807, 2.05) is 22.6 Å². The number of nitrogens with zero attached hydrogens (tertiary/aromatic N) is 3. The van der Waals surface area contributed by atoms with Crippen LogP contribution in [0.1, 0.15) is 16.8 Å². The van der Waals surface area contributed by atoms with Crippen LogP contribution in [0.4, 0.5) is 10.2 Å². The van der Waals surface area contributed by atoms with Crippen LogP contribution in [0.5, 0.6) is 0 Å². The standard InChI is InChI=1S/C19H21FN6O/c1-21-19(27)12-6-8-26-16(11-23-18(26)9-12)14-3-2-4-17(24-14)25-15-10-22-7-5-13(15)20/h2-4,6,8-9,11,13,15,22H,5,7,10H2,1H3,(H,21,27)(H,24,25)/t13-,15-/m0/s1. The van der Waals surface area contributed by atoms with Gasteiger partial charge in [-0.2, -0.15) is 0 Å². The second-order valence-corrected chi connectivity index (χ2v) is 6.53. The van der Waals surface area contributed by atoms with Crippen LogP contribution in [0.2, 0.25) is 0 Å². The zero-order chi connectivity index (χ0) is 18.8. The topological polar surface area (TPSA) is 83.4 Å². The van der Waals surface area contributed by atoms with Gasteiger partial charge in [0.05, 0.1) is 23.6 Å².